The Morgan fingerprint density at radius 2 is 2.33 bits per heavy atom. The summed E-state index contributed by atoms with van der Waals surface area (Å²) < 4.78 is 10.3. The molecule has 0 aromatic heterocycles. The Morgan fingerprint density at radius 1 is 1.67 bits per heavy atom. The van der Waals surface area contributed by atoms with Crippen molar-refractivity contribution < 1.29 is 14.3 Å². The van der Waals surface area contributed by atoms with Crippen LogP contribution in [-0.4, -0.2) is 43.3 Å². The van der Waals surface area contributed by atoms with Crippen LogP contribution < -0.4 is 11.3 Å². The van der Waals surface area contributed by atoms with Crippen LogP contribution in [0.15, 0.2) is 0 Å². The Balaban J connectivity index is 2.38. The molecule has 6 heteroatoms. The van der Waals surface area contributed by atoms with Gasteiger partial charge in [0.05, 0.1) is 6.61 Å². The number of methoxy groups -OCH3 is 1. The van der Waals surface area contributed by atoms with Gasteiger partial charge >= 0.3 is 0 Å². The Bertz CT molecular complexity index is 198. The van der Waals surface area contributed by atoms with Gasteiger partial charge in [-0.15, -0.1) is 11.8 Å². The van der Waals surface area contributed by atoms with Crippen molar-refractivity contribution in [1.82, 2.24) is 5.43 Å². The first-order valence-electron chi connectivity index (χ1n) is 5.00. The van der Waals surface area contributed by atoms with Crippen molar-refractivity contribution in [2.75, 3.05) is 26.9 Å². The first-order chi connectivity index (χ1) is 7.27. The summed E-state index contributed by atoms with van der Waals surface area (Å²) in [5.41, 5.74) is 2.17. The van der Waals surface area contributed by atoms with Crippen LogP contribution in [0.3, 0.4) is 0 Å². The zero-order valence-electron chi connectivity index (χ0n) is 8.90. The van der Waals surface area contributed by atoms with Crippen molar-refractivity contribution in [3.8, 4) is 0 Å². The number of amides is 1. The topological polar surface area (TPSA) is 73.6 Å². The highest BCUT2D eigenvalue weighted by atomic mass is 32.2. The van der Waals surface area contributed by atoms with E-state index >= 15 is 0 Å². The Morgan fingerprint density at radius 3 is 2.87 bits per heavy atom. The second-order valence-electron chi connectivity index (χ2n) is 3.40. The van der Waals surface area contributed by atoms with E-state index in [-0.39, 0.29) is 11.2 Å². The van der Waals surface area contributed by atoms with Crippen molar-refractivity contribution in [3.05, 3.63) is 0 Å². The summed E-state index contributed by atoms with van der Waals surface area (Å²) in [6.45, 7) is 1.95. The van der Waals surface area contributed by atoms with Crippen LogP contribution in [0.4, 0.5) is 0 Å². The molecule has 0 aromatic rings. The summed E-state index contributed by atoms with van der Waals surface area (Å²) in [4.78, 5) is 11.4. The first kappa shape index (κ1) is 12.8. The van der Waals surface area contributed by atoms with Gasteiger partial charge in [0.1, 0.15) is 5.25 Å². The summed E-state index contributed by atoms with van der Waals surface area (Å²) in [7, 11) is 1.58. The second kappa shape index (κ2) is 7.05. The molecule has 0 aliphatic carbocycles. The number of hydrazine groups is 1. The molecule has 15 heavy (non-hydrogen) atoms. The average Bonchev–Trinajstić information content (AvgIpc) is 2.29. The molecule has 3 N–H and O–H groups in total. The lowest BCUT2D eigenvalue weighted by Gasteiger charge is -2.25. The minimum Gasteiger partial charge on any atom is -0.383 e. The molecular weight excluding hydrogens is 216 g/mol. The molecule has 0 bridgehead atoms. The van der Waals surface area contributed by atoms with E-state index in [4.69, 9.17) is 15.3 Å². The highest BCUT2D eigenvalue weighted by Gasteiger charge is 2.24. The molecule has 1 heterocycles. The Kier molecular flexibility index (Phi) is 6.00. The Labute approximate surface area is 94.0 Å². The minimum atomic E-state index is -0.219. The van der Waals surface area contributed by atoms with Crippen LogP contribution >= 0.6 is 11.8 Å². The zero-order chi connectivity index (χ0) is 11.1. The summed E-state index contributed by atoms with van der Waals surface area (Å²) in [5, 5.41) is 0.249. The summed E-state index contributed by atoms with van der Waals surface area (Å²) in [5.74, 6) is 4.94. The first-order valence-corrected chi connectivity index (χ1v) is 5.94. The van der Waals surface area contributed by atoms with E-state index in [0.29, 0.717) is 11.9 Å². The second-order valence-corrected chi connectivity index (χ2v) is 4.91. The number of rotatable bonds is 5. The van der Waals surface area contributed by atoms with Gasteiger partial charge in [-0.2, -0.15) is 0 Å². The van der Waals surface area contributed by atoms with Gasteiger partial charge in [-0.1, -0.05) is 0 Å². The molecule has 1 aliphatic heterocycles. The summed E-state index contributed by atoms with van der Waals surface area (Å²) >= 11 is 1.63. The standard InChI is InChI=1S/C9H18N2O3S/c1-13-6-8(9(12)11-10)15-7-2-4-14-5-3-7/h7-8H,2-6,10H2,1H3,(H,11,12). The van der Waals surface area contributed by atoms with E-state index in [1.807, 2.05) is 0 Å². The molecule has 1 saturated heterocycles. The van der Waals surface area contributed by atoms with E-state index in [9.17, 15) is 4.79 Å². The fraction of sp³-hybridized carbons (Fsp3) is 0.889. The van der Waals surface area contributed by atoms with Gasteiger partial charge in [0.15, 0.2) is 0 Å². The number of nitrogens with two attached hydrogens (primary N) is 1. The van der Waals surface area contributed by atoms with Crippen molar-refractivity contribution >= 4 is 17.7 Å². The number of hydrogen-bond acceptors (Lipinski definition) is 5. The van der Waals surface area contributed by atoms with E-state index in [1.54, 1.807) is 18.9 Å². The highest BCUT2D eigenvalue weighted by molar-refractivity contribution is 8.01. The number of carbonyl (C=O) groups is 1. The van der Waals surface area contributed by atoms with Crippen LogP contribution in [-0.2, 0) is 14.3 Å². The lowest BCUT2D eigenvalue weighted by atomic mass is 10.2. The van der Waals surface area contributed by atoms with Gasteiger partial charge in [-0.05, 0) is 12.8 Å². The molecular formula is C9H18N2O3S. The molecule has 1 fully saturated rings. The fourth-order valence-corrected chi connectivity index (χ4v) is 2.80. The molecule has 1 unspecified atom stereocenters. The van der Waals surface area contributed by atoms with Crippen LogP contribution in [0.1, 0.15) is 12.8 Å². The smallest absolute Gasteiger partial charge is 0.249 e. The maximum Gasteiger partial charge on any atom is 0.249 e. The molecule has 0 aromatic carbocycles. The predicted octanol–water partition coefficient (Wildman–Crippen LogP) is -0.0965. The third kappa shape index (κ3) is 4.38. The van der Waals surface area contributed by atoms with Gasteiger partial charge < -0.3 is 9.47 Å². The largest absolute Gasteiger partial charge is 0.383 e. The normalized spacial score (nSPS) is 19.9. The van der Waals surface area contributed by atoms with Crippen LogP contribution in [0.5, 0.6) is 0 Å². The molecule has 1 amide bonds. The third-order valence-corrected chi connectivity index (χ3v) is 3.81. The fourth-order valence-electron chi connectivity index (χ4n) is 1.47. The van der Waals surface area contributed by atoms with Crippen LogP contribution in [0, 0.1) is 0 Å². The van der Waals surface area contributed by atoms with Gasteiger partial charge in [0.25, 0.3) is 0 Å². The maximum atomic E-state index is 11.4. The van der Waals surface area contributed by atoms with Gasteiger partial charge in [-0.3, -0.25) is 10.2 Å². The maximum absolute atomic E-state index is 11.4. The van der Waals surface area contributed by atoms with E-state index < -0.39 is 0 Å². The van der Waals surface area contributed by atoms with Crippen LogP contribution in [0.25, 0.3) is 0 Å². The van der Waals surface area contributed by atoms with Crippen molar-refractivity contribution in [1.29, 1.82) is 0 Å². The zero-order valence-corrected chi connectivity index (χ0v) is 9.72. The number of nitrogens with one attached hydrogen (secondary N) is 1. The summed E-state index contributed by atoms with van der Waals surface area (Å²) in [6.07, 6.45) is 1.98. The van der Waals surface area contributed by atoms with Crippen molar-refractivity contribution in [3.63, 3.8) is 0 Å². The molecule has 88 valence electrons. The number of hydrogen-bond donors (Lipinski definition) is 2. The number of thioether (sulfide) groups is 1. The van der Waals surface area contributed by atoms with E-state index in [0.717, 1.165) is 26.1 Å². The van der Waals surface area contributed by atoms with Crippen molar-refractivity contribution in [2.24, 2.45) is 5.84 Å². The number of carbonyl (C=O) groups excluding carboxylic acids is 1. The van der Waals surface area contributed by atoms with E-state index in [1.165, 1.54) is 0 Å². The highest BCUT2D eigenvalue weighted by Crippen LogP contribution is 2.26. The monoisotopic (exact) mass is 234 g/mol. The lowest BCUT2D eigenvalue weighted by Crippen LogP contribution is -2.40. The molecule has 0 saturated carbocycles. The quantitative estimate of drug-likeness (QED) is 0.395. The lowest BCUT2D eigenvalue weighted by molar-refractivity contribution is -0.121. The van der Waals surface area contributed by atoms with Crippen LogP contribution in [0.2, 0.25) is 0 Å². The SMILES string of the molecule is COCC(SC1CCOCC1)C(=O)NN. The summed E-state index contributed by atoms with van der Waals surface area (Å²) in [6, 6.07) is 0. The molecule has 1 atom stereocenters. The van der Waals surface area contributed by atoms with Gasteiger partial charge in [-0.25, -0.2) is 5.84 Å². The number of ether oxygens (including phenoxy) is 2. The molecule has 1 aliphatic rings. The van der Waals surface area contributed by atoms with Crippen molar-refractivity contribution in [2.45, 2.75) is 23.3 Å². The molecule has 1 rings (SSSR count). The molecule has 0 spiro atoms. The molecule has 0 radical (unpaired) electrons. The molecule has 5 nitrogen and oxygen atoms in total. The van der Waals surface area contributed by atoms with Gasteiger partial charge in [0.2, 0.25) is 5.91 Å². The third-order valence-electron chi connectivity index (χ3n) is 2.28. The predicted molar refractivity (Wildman–Crippen MR) is 59.4 cm³/mol. The van der Waals surface area contributed by atoms with E-state index in [2.05, 4.69) is 5.43 Å². The average molecular weight is 234 g/mol. The van der Waals surface area contributed by atoms with Gasteiger partial charge in [0, 0.05) is 25.6 Å². The minimum absolute atomic E-state index is 0.173. The Hall–Kier alpha value is -0.300.